The van der Waals surface area contributed by atoms with Gasteiger partial charge in [0.15, 0.2) is 6.61 Å². The molecule has 2 bridgehead atoms. The van der Waals surface area contributed by atoms with Gasteiger partial charge in [-0.25, -0.2) is 0 Å². The van der Waals surface area contributed by atoms with E-state index in [0.29, 0.717) is 33.5 Å². The van der Waals surface area contributed by atoms with Crippen molar-refractivity contribution in [2.45, 2.75) is 28.8 Å². The zero-order valence-corrected chi connectivity index (χ0v) is 29.0. The van der Waals surface area contributed by atoms with E-state index in [-0.39, 0.29) is 45.4 Å². The second-order valence-corrected chi connectivity index (χ2v) is 16.1. The van der Waals surface area contributed by atoms with E-state index in [1.807, 2.05) is 0 Å². The molecular formula is C34H24BrClF3N3O5S2. The quantitative estimate of drug-likeness (QED) is 0.195. The summed E-state index contributed by atoms with van der Waals surface area (Å²) >= 11 is 12.6. The minimum Gasteiger partial charge on any atom is -0.483 e. The molecule has 4 unspecified atom stereocenters. The predicted molar refractivity (Wildman–Crippen MR) is 182 cm³/mol. The van der Waals surface area contributed by atoms with Crippen LogP contribution >= 0.6 is 50.6 Å². The molecule has 1 aromatic heterocycles. The largest absolute Gasteiger partial charge is 0.483 e. The standard InChI is InChI=1S/C34H24BrClF3N3O5S2/c35-15-4-7-18(8-5-15)42-31(44)26-20-12-21(27(26)32(42)45)28-25(20)24(29-30(48-28)41-33(46)49-29)19-11-16(36)6-9-22(19)47-13-23(43)40-17-3-1-2-14(10-17)34(37,38)39/h1-11,20-21,24-28H,12-13H2,(H,40,43)(H,41,46)/t20-,21-,24-,25?,26?,27?,28?/m1/s1. The molecule has 1 saturated heterocycles. The van der Waals surface area contributed by atoms with Crippen molar-refractivity contribution in [2.75, 3.05) is 16.8 Å². The van der Waals surface area contributed by atoms with Gasteiger partial charge in [-0.3, -0.25) is 24.1 Å². The molecule has 3 aromatic carbocycles. The average Bonchev–Trinajstić information content (AvgIpc) is 3.79. The normalized spacial score (nSPS) is 26.8. The molecule has 2 aliphatic heterocycles. The molecule has 3 amide bonds. The number of hydrogen-bond acceptors (Lipinski definition) is 7. The van der Waals surface area contributed by atoms with Crippen molar-refractivity contribution in [3.05, 3.63) is 102 Å². The van der Waals surface area contributed by atoms with Gasteiger partial charge in [0.1, 0.15) is 5.75 Å². The number of thioether (sulfide) groups is 1. The molecule has 7 atom stereocenters. The number of halogens is 5. The summed E-state index contributed by atoms with van der Waals surface area (Å²) in [5.74, 6) is -2.66. The molecule has 8 nitrogen and oxygen atoms in total. The molecule has 3 fully saturated rings. The summed E-state index contributed by atoms with van der Waals surface area (Å²) in [6, 6.07) is 16.3. The minimum absolute atomic E-state index is 0.0295. The Kier molecular flexibility index (Phi) is 8.00. The summed E-state index contributed by atoms with van der Waals surface area (Å²) in [7, 11) is 0. The third-order valence-corrected chi connectivity index (χ3v) is 13.3. The number of fused-ring (bicyclic) bond motifs is 9. The number of ether oxygens (including phenoxy) is 1. The Morgan fingerprint density at radius 3 is 2.49 bits per heavy atom. The van der Waals surface area contributed by atoms with Gasteiger partial charge in [-0.15, -0.1) is 11.8 Å². The summed E-state index contributed by atoms with van der Waals surface area (Å²) in [6.45, 7) is -0.511. The van der Waals surface area contributed by atoms with E-state index in [1.54, 1.807) is 54.2 Å². The van der Waals surface area contributed by atoms with Crippen molar-refractivity contribution >= 4 is 79.7 Å². The molecule has 2 saturated carbocycles. The number of anilines is 2. The Balaban J connectivity index is 1.11. The number of carbonyl (C=O) groups excluding carboxylic acids is 3. The number of imide groups is 1. The van der Waals surface area contributed by atoms with Gasteiger partial charge in [0.25, 0.3) is 5.91 Å². The number of H-pyrrole nitrogens is 1. The molecule has 4 aromatic rings. The van der Waals surface area contributed by atoms with Crippen LogP contribution in [0.15, 0.2) is 81.0 Å². The van der Waals surface area contributed by atoms with Crippen LogP contribution in [0, 0.1) is 29.6 Å². The molecular weight excluding hydrogens is 767 g/mol. The van der Waals surface area contributed by atoms with E-state index in [2.05, 4.69) is 26.2 Å². The highest BCUT2D eigenvalue weighted by Gasteiger charge is 2.70. The number of nitrogens with zero attached hydrogens (tertiary/aromatic N) is 1. The molecule has 2 aliphatic carbocycles. The maximum atomic E-state index is 14.0. The first kappa shape index (κ1) is 32.6. The van der Waals surface area contributed by atoms with Gasteiger partial charge in [-0.05, 0) is 84.8 Å². The number of aromatic nitrogens is 1. The lowest BCUT2D eigenvalue weighted by Gasteiger charge is -2.43. The Hall–Kier alpha value is -3.59. The number of benzene rings is 3. The van der Waals surface area contributed by atoms with Crippen LogP contribution < -0.4 is 19.8 Å². The molecule has 15 heteroatoms. The third kappa shape index (κ3) is 5.51. The van der Waals surface area contributed by atoms with E-state index < -0.39 is 42.0 Å². The number of nitrogens with one attached hydrogen (secondary N) is 2. The summed E-state index contributed by atoms with van der Waals surface area (Å²) in [4.78, 5) is 58.3. The first-order chi connectivity index (χ1) is 23.4. The number of carbonyl (C=O) groups is 3. The SMILES string of the molecule is O=C(COc1ccc(Cl)cc1[C@H]1c2sc(=O)[nH]c2SC2C1[C@H]1C[C@@H]2C2C(=O)N(c3ccc(Br)cc3)C(=O)C21)Nc1cccc(C(F)(F)F)c1. The molecule has 0 radical (unpaired) electrons. The van der Waals surface area contributed by atoms with E-state index in [9.17, 15) is 32.3 Å². The number of hydrogen-bond donors (Lipinski definition) is 2. The lowest BCUT2D eigenvalue weighted by atomic mass is 9.68. The second kappa shape index (κ2) is 12.0. The maximum absolute atomic E-state index is 14.0. The Morgan fingerprint density at radius 1 is 1.02 bits per heavy atom. The van der Waals surface area contributed by atoms with Crippen LogP contribution in [0.4, 0.5) is 24.5 Å². The van der Waals surface area contributed by atoms with Crippen molar-refractivity contribution in [1.29, 1.82) is 0 Å². The van der Waals surface area contributed by atoms with Gasteiger partial charge in [-0.1, -0.05) is 44.9 Å². The van der Waals surface area contributed by atoms with Crippen molar-refractivity contribution in [2.24, 2.45) is 29.6 Å². The van der Waals surface area contributed by atoms with E-state index in [0.717, 1.165) is 32.8 Å². The lowest BCUT2D eigenvalue weighted by Crippen LogP contribution is -2.42. The highest BCUT2D eigenvalue weighted by atomic mass is 79.9. The third-order valence-electron chi connectivity index (χ3n) is 9.95. The Labute approximate surface area is 298 Å². The van der Waals surface area contributed by atoms with Crippen LogP contribution in [0.1, 0.15) is 28.3 Å². The summed E-state index contributed by atoms with van der Waals surface area (Å²) in [5.41, 5.74) is 0.222. The maximum Gasteiger partial charge on any atom is 0.416 e. The first-order valence-corrected chi connectivity index (χ1v) is 18.2. The molecule has 8 rings (SSSR count). The minimum atomic E-state index is -4.57. The zero-order chi connectivity index (χ0) is 34.4. The fourth-order valence-corrected chi connectivity index (χ4v) is 11.5. The van der Waals surface area contributed by atoms with Gasteiger partial charge in [0.2, 0.25) is 11.8 Å². The Bertz CT molecular complexity index is 2090. The fraction of sp³-hybridized carbons (Fsp3) is 0.294. The second-order valence-electron chi connectivity index (χ2n) is 12.5. The molecule has 2 N–H and O–H groups in total. The van der Waals surface area contributed by atoms with Gasteiger partial charge in [0.05, 0.1) is 28.1 Å². The van der Waals surface area contributed by atoms with Crippen LogP contribution in [0.2, 0.25) is 5.02 Å². The lowest BCUT2D eigenvalue weighted by molar-refractivity contribution is -0.137. The number of amides is 3. The number of rotatable bonds is 6. The molecule has 252 valence electrons. The van der Waals surface area contributed by atoms with E-state index in [1.165, 1.54) is 17.0 Å². The predicted octanol–water partition coefficient (Wildman–Crippen LogP) is 7.57. The Morgan fingerprint density at radius 2 is 1.76 bits per heavy atom. The zero-order valence-electron chi connectivity index (χ0n) is 25.0. The number of aromatic amines is 1. The number of alkyl halides is 3. The smallest absolute Gasteiger partial charge is 0.416 e. The monoisotopic (exact) mass is 789 g/mol. The highest BCUT2D eigenvalue weighted by molar-refractivity contribution is 9.10. The van der Waals surface area contributed by atoms with Crippen molar-refractivity contribution in [1.82, 2.24) is 4.98 Å². The van der Waals surface area contributed by atoms with Crippen LogP contribution in [-0.2, 0) is 20.6 Å². The topological polar surface area (TPSA) is 109 Å². The molecule has 4 aliphatic rings. The van der Waals surface area contributed by atoms with Crippen LogP contribution in [0.3, 0.4) is 0 Å². The molecule has 49 heavy (non-hydrogen) atoms. The van der Waals surface area contributed by atoms with Crippen LogP contribution in [-0.4, -0.2) is 34.6 Å². The summed E-state index contributed by atoms with van der Waals surface area (Å²) in [6.07, 6.45) is -3.89. The van der Waals surface area contributed by atoms with Crippen LogP contribution in [0.5, 0.6) is 5.75 Å². The van der Waals surface area contributed by atoms with E-state index >= 15 is 0 Å². The van der Waals surface area contributed by atoms with Gasteiger partial charge in [0, 0.05) is 36.8 Å². The molecule has 3 heterocycles. The average molecular weight is 791 g/mol. The van der Waals surface area contributed by atoms with Crippen molar-refractivity contribution < 1.29 is 32.3 Å². The van der Waals surface area contributed by atoms with Crippen molar-refractivity contribution in [3.63, 3.8) is 0 Å². The van der Waals surface area contributed by atoms with Crippen LogP contribution in [0.25, 0.3) is 0 Å². The van der Waals surface area contributed by atoms with Crippen molar-refractivity contribution in [3.8, 4) is 5.75 Å². The molecule has 0 spiro atoms. The number of thiazole rings is 1. The van der Waals surface area contributed by atoms with Gasteiger partial charge in [-0.2, -0.15) is 13.2 Å². The first-order valence-electron chi connectivity index (χ1n) is 15.3. The highest BCUT2D eigenvalue weighted by Crippen LogP contribution is 2.69. The summed E-state index contributed by atoms with van der Waals surface area (Å²) in [5, 5.41) is 3.45. The van der Waals surface area contributed by atoms with E-state index in [4.69, 9.17) is 16.3 Å². The van der Waals surface area contributed by atoms with Gasteiger partial charge < -0.3 is 15.0 Å². The summed E-state index contributed by atoms with van der Waals surface area (Å²) < 4.78 is 46.4. The fourth-order valence-electron chi connectivity index (χ4n) is 8.22. The van der Waals surface area contributed by atoms with Gasteiger partial charge >= 0.3 is 11.0 Å².